The van der Waals surface area contributed by atoms with E-state index in [1.54, 1.807) is 0 Å². The molecule has 0 N–H and O–H groups in total. The number of carbonyl (C=O) groups excluding carboxylic acids is 1. The van der Waals surface area contributed by atoms with Crippen molar-refractivity contribution < 1.29 is 9.53 Å². The van der Waals surface area contributed by atoms with Gasteiger partial charge < -0.3 is 4.74 Å². The van der Waals surface area contributed by atoms with Gasteiger partial charge in [0, 0.05) is 5.57 Å². The van der Waals surface area contributed by atoms with Crippen LogP contribution in [0.2, 0.25) is 0 Å². The van der Waals surface area contributed by atoms with Gasteiger partial charge in [-0.1, -0.05) is 6.92 Å². The molecule has 1 rings (SSSR count). The molecule has 1 heterocycles. The van der Waals surface area contributed by atoms with E-state index in [1.165, 1.54) is 0 Å². The first-order chi connectivity index (χ1) is 4.24. The molecule has 50 valence electrons. The third kappa shape index (κ3) is 1.12. The van der Waals surface area contributed by atoms with Crippen LogP contribution in [0, 0.1) is 0 Å². The zero-order valence-corrected chi connectivity index (χ0v) is 5.68. The van der Waals surface area contributed by atoms with Gasteiger partial charge >= 0.3 is 5.97 Å². The van der Waals surface area contributed by atoms with E-state index in [-0.39, 0.29) is 12.1 Å². The van der Waals surface area contributed by atoms with Gasteiger partial charge in [0.25, 0.3) is 0 Å². The molecule has 1 aliphatic rings. The van der Waals surface area contributed by atoms with Crippen molar-refractivity contribution in [1.82, 2.24) is 0 Å². The number of rotatable bonds is 1. The summed E-state index contributed by atoms with van der Waals surface area (Å²) in [5.74, 6) is -0.148. The van der Waals surface area contributed by atoms with E-state index < -0.39 is 0 Å². The zero-order chi connectivity index (χ0) is 6.85. The lowest BCUT2D eigenvalue weighted by atomic mass is 10.2. The van der Waals surface area contributed by atoms with Gasteiger partial charge in [0.15, 0.2) is 0 Å². The second-order valence-electron chi connectivity index (χ2n) is 2.16. The highest BCUT2D eigenvalue weighted by atomic mass is 16.5. The lowest BCUT2D eigenvalue weighted by Gasteiger charge is -1.96. The molecule has 2 nitrogen and oxygen atoms in total. The van der Waals surface area contributed by atoms with Crippen molar-refractivity contribution in [3.8, 4) is 0 Å². The number of esters is 1. The Bertz CT molecular complexity index is 158. The lowest BCUT2D eigenvalue weighted by Crippen LogP contribution is -2.03. The summed E-state index contributed by atoms with van der Waals surface area (Å²) in [6, 6.07) is 0. The van der Waals surface area contributed by atoms with E-state index >= 15 is 0 Å². The smallest absolute Gasteiger partial charge is 0.334 e. The zero-order valence-electron chi connectivity index (χ0n) is 5.68. The minimum Gasteiger partial charge on any atom is -0.455 e. The number of hydrogen-bond donors (Lipinski definition) is 0. The van der Waals surface area contributed by atoms with Crippen LogP contribution in [0.1, 0.15) is 20.3 Å². The van der Waals surface area contributed by atoms with Crippen LogP contribution in [0.25, 0.3) is 0 Å². The molecule has 0 spiro atoms. The van der Waals surface area contributed by atoms with Gasteiger partial charge in [0.1, 0.15) is 6.10 Å². The van der Waals surface area contributed by atoms with E-state index in [4.69, 9.17) is 4.74 Å². The van der Waals surface area contributed by atoms with Gasteiger partial charge in [-0.3, -0.25) is 0 Å². The predicted octanol–water partition coefficient (Wildman–Crippen LogP) is 1.27. The molecule has 1 atom stereocenters. The summed E-state index contributed by atoms with van der Waals surface area (Å²) in [6.07, 6.45) is 2.64. The molecule has 9 heavy (non-hydrogen) atoms. The lowest BCUT2D eigenvalue weighted by molar-refractivity contribution is -0.139. The Morgan fingerprint density at radius 2 is 2.44 bits per heavy atom. The summed E-state index contributed by atoms with van der Waals surface area (Å²) in [5, 5.41) is 0. The molecule has 0 bridgehead atoms. The number of carbonyl (C=O) groups is 1. The van der Waals surface area contributed by atoms with Crippen molar-refractivity contribution in [1.29, 1.82) is 0 Å². The number of cyclic esters (lactones) is 1. The largest absolute Gasteiger partial charge is 0.455 e. The SMILES string of the molecule is CCC1=CC(C)OC1=O. The molecule has 0 saturated carbocycles. The van der Waals surface area contributed by atoms with Crippen molar-refractivity contribution in [2.24, 2.45) is 0 Å². The van der Waals surface area contributed by atoms with Crippen LogP contribution in [0.15, 0.2) is 11.6 Å². The second-order valence-corrected chi connectivity index (χ2v) is 2.16. The molecule has 0 fully saturated rings. The molecule has 1 aliphatic heterocycles. The first-order valence-electron chi connectivity index (χ1n) is 3.15. The maximum atomic E-state index is 10.7. The Hall–Kier alpha value is -0.790. The van der Waals surface area contributed by atoms with Crippen LogP contribution in [0.5, 0.6) is 0 Å². The van der Waals surface area contributed by atoms with Gasteiger partial charge in [-0.05, 0) is 19.4 Å². The van der Waals surface area contributed by atoms with Gasteiger partial charge in [-0.2, -0.15) is 0 Å². The number of ether oxygens (including phenoxy) is 1. The van der Waals surface area contributed by atoms with Crippen molar-refractivity contribution in [2.75, 3.05) is 0 Å². The molecule has 2 heteroatoms. The van der Waals surface area contributed by atoms with Crippen LogP contribution >= 0.6 is 0 Å². The van der Waals surface area contributed by atoms with Crippen molar-refractivity contribution >= 4 is 5.97 Å². The van der Waals surface area contributed by atoms with Gasteiger partial charge in [0.2, 0.25) is 0 Å². The Kier molecular flexibility index (Phi) is 1.56. The van der Waals surface area contributed by atoms with Crippen LogP contribution in [0.4, 0.5) is 0 Å². The predicted molar refractivity (Wildman–Crippen MR) is 33.9 cm³/mol. The third-order valence-electron chi connectivity index (χ3n) is 1.37. The summed E-state index contributed by atoms with van der Waals surface area (Å²) in [4.78, 5) is 10.7. The normalized spacial score (nSPS) is 25.8. The van der Waals surface area contributed by atoms with Gasteiger partial charge in [-0.25, -0.2) is 4.79 Å². The maximum Gasteiger partial charge on any atom is 0.334 e. The quantitative estimate of drug-likeness (QED) is 0.494. The third-order valence-corrected chi connectivity index (χ3v) is 1.37. The Morgan fingerprint density at radius 1 is 1.78 bits per heavy atom. The van der Waals surface area contributed by atoms with E-state index in [2.05, 4.69) is 0 Å². The van der Waals surface area contributed by atoms with Crippen molar-refractivity contribution in [3.05, 3.63) is 11.6 Å². The molecule has 0 aromatic carbocycles. The Labute approximate surface area is 54.5 Å². The second kappa shape index (κ2) is 2.21. The van der Waals surface area contributed by atoms with Crippen molar-refractivity contribution in [2.45, 2.75) is 26.4 Å². The van der Waals surface area contributed by atoms with E-state index in [9.17, 15) is 4.79 Å². The molecule has 1 unspecified atom stereocenters. The van der Waals surface area contributed by atoms with Crippen LogP contribution < -0.4 is 0 Å². The summed E-state index contributed by atoms with van der Waals surface area (Å²) < 4.78 is 4.83. The fourth-order valence-electron chi connectivity index (χ4n) is 0.892. The highest BCUT2D eigenvalue weighted by Gasteiger charge is 2.19. The van der Waals surface area contributed by atoms with Crippen LogP contribution in [-0.2, 0) is 9.53 Å². The van der Waals surface area contributed by atoms with Crippen molar-refractivity contribution in [3.63, 3.8) is 0 Å². The van der Waals surface area contributed by atoms with Crippen LogP contribution in [0.3, 0.4) is 0 Å². The summed E-state index contributed by atoms with van der Waals surface area (Å²) in [5.41, 5.74) is 0.808. The molecular formula is C7H10O2. The Morgan fingerprint density at radius 3 is 2.67 bits per heavy atom. The van der Waals surface area contributed by atoms with Gasteiger partial charge in [-0.15, -0.1) is 0 Å². The molecule has 0 aromatic heterocycles. The van der Waals surface area contributed by atoms with Crippen LogP contribution in [-0.4, -0.2) is 12.1 Å². The van der Waals surface area contributed by atoms with Gasteiger partial charge in [0.05, 0.1) is 0 Å². The monoisotopic (exact) mass is 126 g/mol. The summed E-state index contributed by atoms with van der Waals surface area (Å²) in [7, 11) is 0. The molecule has 0 aliphatic carbocycles. The minimum absolute atomic E-state index is 0.00699. The summed E-state index contributed by atoms with van der Waals surface area (Å²) >= 11 is 0. The first kappa shape index (κ1) is 6.33. The minimum atomic E-state index is -0.148. The highest BCUT2D eigenvalue weighted by Crippen LogP contribution is 2.14. The summed E-state index contributed by atoms with van der Waals surface area (Å²) in [6.45, 7) is 3.81. The van der Waals surface area contributed by atoms with E-state index in [1.807, 2.05) is 19.9 Å². The molecular weight excluding hydrogens is 116 g/mol. The number of hydrogen-bond acceptors (Lipinski definition) is 2. The average Bonchev–Trinajstić information content (AvgIpc) is 2.10. The first-order valence-corrected chi connectivity index (χ1v) is 3.15. The molecule has 0 amide bonds. The topological polar surface area (TPSA) is 26.3 Å². The fourth-order valence-corrected chi connectivity index (χ4v) is 0.892. The Balaban J connectivity index is 2.68. The standard InChI is InChI=1S/C7H10O2/c1-3-6-4-5(2)9-7(6)8/h4-5H,3H2,1-2H3. The average molecular weight is 126 g/mol. The fraction of sp³-hybridized carbons (Fsp3) is 0.571. The van der Waals surface area contributed by atoms with E-state index in [0.717, 1.165) is 12.0 Å². The maximum absolute atomic E-state index is 10.7. The molecule has 0 saturated heterocycles. The highest BCUT2D eigenvalue weighted by molar-refractivity contribution is 5.90. The molecule has 0 radical (unpaired) electrons. The van der Waals surface area contributed by atoms with E-state index in [0.29, 0.717) is 0 Å². The molecule has 0 aromatic rings.